The maximum atomic E-state index is 10.9. The molecule has 1 atom stereocenters. The fraction of sp³-hybridized carbons (Fsp3) is 0.857. The molecular weight excluding hydrogens is 164 g/mol. The Balaban J connectivity index is 0. The summed E-state index contributed by atoms with van der Waals surface area (Å²) in [4.78, 5) is 10.9. The van der Waals surface area contributed by atoms with Crippen molar-refractivity contribution in [1.29, 1.82) is 0 Å². The summed E-state index contributed by atoms with van der Waals surface area (Å²) in [6.45, 7) is 5.81. The number of carbonyl (C=O) groups is 1. The van der Waals surface area contributed by atoms with Crippen LogP contribution in [0.4, 0.5) is 0 Å². The molecule has 0 unspecified atom stereocenters. The van der Waals surface area contributed by atoms with Crippen molar-refractivity contribution in [2.75, 3.05) is 7.05 Å². The van der Waals surface area contributed by atoms with E-state index in [-0.39, 0.29) is 23.7 Å². The van der Waals surface area contributed by atoms with Gasteiger partial charge in [-0.15, -0.1) is 12.4 Å². The predicted octanol–water partition coefficient (Wildman–Crippen LogP) is 0.528. The molecule has 0 saturated carbocycles. The number of nitrogens with one attached hydrogen (secondary N) is 1. The average molecular weight is 181 g/mol. The number of rotatable bonds is 1. The summed E-state index contributed by atoms with van der Waals surface area (Å²) in [5.41, 5.74) is 5.44. The summed E-state index contributed by atoms with van der Waals surface area (Å²) in [5, 5.41) is 2.51. The number of amides is 1. The van der Waals surface area contributed by atoms with Gasteiger partial charge in [0.1, 0.15) is 0 Å². The molecule has 0 bridgehead atoms. The summed E-state index contributed by atoms with van der Waals surface area (Å²) in [7, 11) is 1.59. The molecule has 3 N–H and O–H groups in total. The summed E-state index contributed by atoms with van der Waals surface area (Å²) >= 11 is 0. The standard InChI is InChI=1S/C7H16N2O.ClH/c1-7(2,3)5(8)6(10)9-4;/h5H,8H2,1-4H3,(H,9,10);1H/t5-;/m1./s1. The Hall–Kier alpha value is -0.280. The minimum atomic E-state index is -0.419. The van der Waals surface area contributed by atoms with Crippen LogP contribution in [0.15, 0.2) is 0 Å². The molecule has 11 heavy (non-hydrogen) atoms. The first-order chi connectivity index (χ1) is 4.39. The van der Waals surface area contributed by atoms with Crippen molar-refractivity contribution < 1.29 is 4.79 Å². The van der Waals surface area contributed by atoms with Crippen LogP contribution in [0.1, 0.15) is 20.8 Å². The van der Waals surface area contributed by atoms with Gasteiger partial charge in [0.05, 0.1) is 6.04 Å². The van der Waals surface area contributed by atoms with Crippen molar-refractivity contribution in [3.05, 3.63) is 0 Å². The van der Waals surface area contributed by atoms with Gasteiger partial charge in [-0.2, -0.15) is 0 Å². The van der Waals surface area contributed by atoms with E-state index in [0.717, 1.165) is 0 Å². The van der Waals surface area contributed by atoms with Crippen molar-refractivity contribution in [3.8, 4) is 0 Å². The van der Waals surface area contributed by atoms with E-state index in [0.29, 0.717) is 0 Å². The molecule has 0 heterocycles. The van der Waals surface area contributed by atoms with E-state index in [9.17, 15) is 4.79 Å². The Kier molecular flexibility index (Phi) is 5.53. The quantitative estimate of drug-likeness (QED) is 0.619. The van der Waals surface area contributed by atoms with Gasteiger partial charge in [0.15, 0.2) is 0 Å². The Morgan fingerprint density at radius 3 is 1.91 bits per heavy atom. The van der Waals surface area contributed by atoms with Crippen molar-refractivity contribution in [2.24, 2.45) is 11.1 Å². The Morgan fingerprint density at radius 1 is 1.45 bits per heavy atom. The molecule has 0 spiro atoms. The summed E-state index contributed by atoms with van der Waals surface area (Å²) < 4.78 is 0. The third kappa shape index (κ3) is 4.22. The highest BCUT2D eigenvalue weighted by atomic mass is 35.5. The van der Waals surface area contributed by atoms with Gasteiger partial charge in [0, 0.05) is 7.05 Å². The van der Waals surface area contributed by atoms with Gasteiger partial charge in [-0.3, -0.25) is 4.79 Å². The fourth-order valence-electron chi connectivity index (χ4n) is 0.549. The lowest BCUT2D eigenvalue weighted by molar-refractivity contribution is -0.123. The first kappa shape index (κ1) is 13.3. The highest BCUT2D eigenvalue weighted by Crippen LogP contribution is 2.16. The largest absolute Gasteiger partial charge is 0.358 e. The Labute approximate surface area is 74.1 Å². The lowest BCUT2D eigenvalue weighted by atomic mass is 9.87. The zero-order chi connectivity index (χ0) is 8.36. The predicted molar refractivity (Wildman–Crippen MR) is 48.7 cm³/mol. The van der Waals surface area contributed by atoms with E-state index in [1.54, 1.807) is 7.05 Å². The van der Waals surface area contributed by atoms with Crippen molar-refractivity contribution >= 4 is 18.3 Å². The molecule has 0 aliphatic rings. The minimum absolute atomic E-state index is 0. The molecule has 0 fully saturated rings. The monoisotopic (exact) mass is 180 g/mol. The first-order valence-electron chi connectivity index (χ1n) is 3.36. The maximum absolute atomic E-state index is 10.9. The Bertz CT molecular complexity index is 131. The third-order valence-electron chi connectivity index (χ3n) is 1.46. The van der Waals surface area contributed by atoms with Gasteiger partial charge in [0.2, 0.25) is 5.91 Å². The molecule has 0 aromatic carbocycles. The van der Waals surface area contributed by atoms with E-state index in [1.807, 2.05) is 20.8 Å². The van der Waals surface area contributed by atoms with Crippen LogP contribution in [-0.4, -0.2) is 19.0 Å². The van der Waals surface area contributed by atoms with Gasteiger partial charge in [0.25, 0.3) is 0 Å². The molecular formula is C7H17ClN2O. The second-order valence-electron chi connectivity index (χ2n) is 3.46. The van der Waals surface area contributed by atoms with Gasteiger partial charge in [-0.25, -0.2) is 0 Å². The van der Waals surface area contributed by atoms with Crippen LogP contribution in [0.3, 0.4) is 0 Å². The first-order valence-corrected chi connectivity index (χ1v) is 3.36. The van der Waals surface area contributed by atoms with Crippen LogP contribution in [0.5, 0.6) is 0 Å². The van der Waals surface area contributed by atoms with Gasteiger partial charge in [-0.1, -0.05) is 20.8 Å². The summed E-state index contributed by atoms with van der Waals surface area (Å²) in [5.74, 6) is -0.104. The molecule has 4 heteroatoms. The summed E-state index contributed by atoms with van der Waals surface area (Å²) in [6, 6.07) is -0.419. The topological polar surface area (TPSA) is 55.1 Å². The van der Waals surface area contributed by atoms with Crippen molar-refractivity contribution in [1.82, 2.24) is 5.32 Å². The number of hydrogen-bond acceptors (Lipinski definition) is 2. The molecule has 3 nitrogen and oxygen atoms in total. The SMILES string of the molecule is CNC(=O)[C@@H](N)C(C)(C)C.Cl. The highest BCUT2D eigenvalue weighted by Gasteiger charge is 2.26. The van der Waals surface area contributed by atoms with Crippen LogP contribution in [0.2, 0.25) is 0 Å². The molecule has 1 amide bonds. The number of hydrogen-bond donors (Lipinski definition) is 2. The number of halogens is 1. The molecule has 0 aliphatic carbocycles. The Morgan fingerprint density at radius 2 is 1.82 bits per heavy atom. The maximum Gasteiger partial charge on any atom is 0.237 e. The lowest BCUT2D eigenvalue weighted by Gasteiger charge is -2.24. The van der Waals surface area contributed by atoms with E-state index < -0.39 is 6.04 Å². The van der Waals surface area contributed by atoms with Gasteiger partial charge >= 0.3 is 0 Å². The van der Waals surface area contributed by atoms with Crippen LogP contribution in [0.25, 0.3) is 0 Å². The molecule has 0 radical (unpaired) electrons. The zero-order valence-corrected chi connectivity index (χ0v) is 8.29. The zero-order valence-electron chi connectivity index (χ0n) is 7.47. The second-order valence-corrected chi connectivity index (χ2v) is 3.46. The normalized spacial score (nSPS) is 13.2. The molecule has 0 aromatic rings. The van der Waals surface area contributed by atoms with E-state index in [2.05, 4.69) is 5.32 Å². The fourth-order valence-corrected chi connectivity index (χ4v) is 0.549. The van der Waals surface area contributed by atoms with Crippen molar-refractivity contribution in [2.45, 2.75) is 26.8 Å². The second kappa shape index (κ2) is 4.57. The van der Waals surface area contributed by atoms with Crippen LogP contribution >= 0.6 is 12.4 Å². The smallest absolute Gasteiger partial charge is 0.237 e. The van der Waals surface area contributed by atoms with E-state index >= 15 is 0 Å². The average Bonchev–Trinajstić information content (AvgIpc) is 1.83. The van der Waals surface area contributed by atoms with Gasteiger partial charge < -0.3 is 11.1 Å². The van der Waals surface area contributed by atoms with Crippen LogP contribution in [0, 0.1) is 5.41 Å². The molecule has 0 saturated heterocycles. The van der Waals surface area contributed by atoms with E-state index in [4.69, 9.17) is 5.73 Å². The van der Waals surface area contributed by atoms with Crippen LogP contribution < -0.4 is 11.1 Å². The lowest BCUT2D eigenvalue weighted by Crippen LogP contribution is -2.47. The van der Waals surface area contributed by atoms with E-state index in [1.165, 1.54) is 0 Å². The third-order valence-corrected chi connectivity index (χ3v) is 1.46. The minimum Gasteiger partial charge on any atom is -0.358 e. The number of carbonyl (C=O) groups excluding carboxylic acids is 1. The molecule has 0 aromatic heterocycles. The highest BCUT2D eigenvalue weighted by molar-refractivity contribution is 5.85. The number of nitrogens with two attached hydrogens (primary N) is 1. The molecule has 0 aliphatic heterocycles. The number of likely N-dealkylation sites (N-methyl/N-ethyl adjacent to an activating group) is 1. The molecule has 68 valence electrons. The van der Waals surface area contributed by atoms with Crippen molar-refractivity contribution in [3.63, 3.8) is 0 Å². The molecule has 0 rings (SSSR count). The van der Waals surface area contributed by atoms with Crippen LogP contribution in [-0.2, 0) is 4.79 Å². The summed E-state index contributed by atoms with van der Waals surface area (Å²) in [6.07, 6.45) is 0. The van der Waals surface area contributed by atoms with Gasteiger partial charge in [-0.05, 0) is 5.41 Å².